The van der Waals surface area contributed by atoms with Gasteiger partial charge in [0.25, 0.3) is 0 Å². The molecule has 0 radical (unpaired) electrons. The molecule has 0 fully saturated rings. The number of aliphatic hydroxyl groups is 2. The van der Waals surface area contributed by atoms with Crippen LogP contribution in [0.15, 0.2) is 0 Å². The molecule has 0 aromatic rings. The van der Waals surface area contributed by atoms with Gasteiger partial charge in [-0.15, -0.1) is 0 Å². The molecule has 2 atom stereocenters. The molecule has 4 nitrogen and oxygen atoms in total. The fourth-order valence-electron chi connectivity index (χ4n) is 2.19. The summed E-state index contributed by atoms with van der Waals surface area (Å²) in [7, 11) is 0. The van der Waals surface area contributed by atoms with Crippen molar-refractivity contribution in [3.63, 3.8) is 0 Å². The lowest BCUT2D eigenvalue weighted by Crippen LogP contribution is -2.51. The van der Waals surface area contributed by atoms with E-state index >= 15 is 0 Å². The third-order valence-corrected chi connectivity index (χ3v) is 3.30. The number of carboxylic acid groups (broad SMARTS) is 1. The molecule has 0 saturated carbocycles. The van der Waals surface area contributed by atoms with Gasteiger partial charge in [-0.3, -0.25) is 4.79 Å². The van der Waals surface area contributed by atoms with Crippen molar-refractivity contribution in [3.8, 4) is 0 Å². The summed E-state index contributed by atoms with van der Waals surface area (Å²) >= 11 is 0. The zero-order chi connectivity index (χ0) is 12.8. The maximum Gasteiger partial charge on any atom is 0.314 e. The lowest BCUT2D eigenvalue weighted by molar-refractivity contribution is -0.170. The molecule has 3 N–H and O–H groups in total. The Morgan fingerprint density at radius 3 is 1.62 bits per heavy atom. The van der Waals surface area contributed by atoms with Crippen molar-refractivity contribution >= 4 is 5.97 Å². The first kappa shape index (κ1) is 15.4. The van der Waals surface area contributed by atoms with Crippen LogP contribution in [0.25, 0.3) is 0 Å². The van der Waals surface area contributed by atoms with Crippen LogP contribution in [0, 0.1) is 5.41 Å². The molecule has 0 aliphatic rings. The minimum atomic E-state index is -1.41. The second-order valence-electron chi connectivity index (χ2n) is 4.31. The van der Waals surface area contributed by atoms with Crippen molar-refractivity contribution in [1.82, 2.24) is 0 Å². The van der Waals surface area contributed by atoms with Gasteiger partial charge < -0.3 is 15.3 Å². The van der Waals surface area contributed by atoms with Crippen molar-refractivity contribution < 1.29 is 20.1 Å². The Morgan fingerprint density at radius 1 is 1.06 bits per heavy atom. The van der Waals surface area contributed by atoms with Crippen LogP contribution in [-0.2, 0) is 4.79 Å². The van der Waals surface area contributed by atoms with Gasteiger partial charge in [-0.25, -0.2) is 0 Å². The van der Waals surface area contributed by atoms with E-state index in [4.69, 9.17) is 0 Å². The number of rotatable bonds is 8. The maximum absolute atomic E-state index is 11.4. The third-order valence-electron chi connectivity index (χ3n) is 3.30. The van der Waals surface area contributed by atoms with E-state index in [0.29, 0.717) is 25.7 Å². The second kappa shape index (κ2) is 6.86. The first-order valence-electron chi connectivity index (χ1n) is 6.06. The molecule has 16 heavy (non-hydrogen) atoms. The highest BCUT2D eigenvalue weighted by Gasteiger charge is 2.48. The van der Waals surface area contributed by atoms with Crippen LogP contribution in [0.1, 0.15) is 52.9 Å². The zero-order valence-electron chi connectivity index (χ0n) is 10.4. The number of aliphatic carboxylic acids is 1. The van der Waals surface area contributed by atoms with Crippen LogP contribution in [0.3, 0.4) is 0 Å². The molecule has 0 aromatic heterocycles. The summed E-state index contributed by atoms with van der Waals surface area (Å²) in [4.78, 5) is 11.4. The smallest absolute Gasteiger partial charge is 0.314 e. The molecule has 2 unspecified atom stereocenters. The quantitative estimate of drug-likeness (QED) is 0.596. The van der Waals surface area contributed by atoms with Gasteiger partial charge >= 0.3 is 5.97 Å². The molecule has 0 aliphatic carbocycles. The normalized spacial score (nSPS) is 18.8. The molecule has 96 valence electrons. The SMILES string of the molecule is CCCC(O)C(CC)(C(=O)O)C(O)CCC. The maximum atomic E-state index is 11.4. The summed E-state index contributed by atoms with van der Waals surface area (Å²) < 4.78 is 0. The fourth-order valence-corrected chi connectivity index (χ4v) is 2.19. The Bertz CT molecular complexity index is 203. The molecule has 0 aliphatic heterocycles. The molecule has 0 amide bonds. The van der Waals surface area contributed by atoms with Crippen molar-refractivity contribution in [2.24, 2.45) is 5.41 Å². The third kappa shape index (κ3) is 2.95. The number of hydrogen-bond donors (Lipinski definition) is 3. The number of carboxylic acids is 1. The molecule has 4 heteroatoms. The minimum Gasteiger partial charge on any atom is -0.481 e. The van der Waals surface area contributed by atoms with Gasteiger partial charge in [0.2, 0.25) is 0 Å². The van der Waals surface area contributed by atoms with Crippen molar-refractivity contribution in [3.05, 3.63) is 0 Å². The Labute approximate surface area is 97.3 Å². The fraction of sp³-hybridized carbons (Fsp3) is 0.917. The van der Waals surface area contributed by atoms with E-state index in [1.54, 1.807) is 6.92 Å². The molecule has 0 rings (SSSR count). The number of hydrogen-bond acceptors (Lipinski definition) is 3. The number of carbonyl (C=O) groups is 1. The summed E-state index contributed by atoms with van der Waals surface area (Å²) in [5.41, 5.74) is -1.41. The van der Waals surface area contributed by atoms with E-state index in [1.807, 2.05) is 13.8 Å². The summed E-state index contributed by atoms with van der Waals surface area (Å²) in [6.45, 7) is 5.47. The topological polar surface area (TPSA) is 77.8 Å². The van der Waals surface area contributed by atoms with Gasteiger partial charge in [0.15, 0.2) is 0 Å². The molecule has 0 heterocycles. The first-order chi connectivity index (χ1) is 7.47. The average molecular weight is 232 g/mol. The monoisotopic (exact) mass is 232 g/mol. The largest absolute Gasteiger partial charge is 0.481 e. The van der Waals surface area contributed by atoms with Gasteiger partial charge in [-0.05, 0) is 19.3 Å². The summed E-state index contributed by atoms with van der Waals surface area (Å²) in [5.74, 6) is -1.10. The van der Waals surface area contributed by atoms with E-state index < -0.39 is 23.6 Å². The summed E-state index contributed by atoms with van der Waals surface area (Å²) in [6.07, 6.45) is 0.486. The van der Waals surface area contributed by atoms with E-state index in [1.165, 1.54) is 0 Å². The molecule has 0 aromatic carbocycles. The molecular formula is C12H24O4. The van der Waals surface area contributed by atoms with Gasteiger partial charge in [-0.2, -0.15) is 0 Å². The first-order valence-corrected chi connectivity index (χ1v) is 6.06. The van der Waals surface area contributed by atoms with Crippen molar-refractivity contribution in [2.75, 3.05) is 0 Å². The Balaban J connectivity index is 5.05. The lowest BCUT2D eigenvalue weighted by Gasteiger charge is -2.37. The van der Waals surface area contributed by atoms with Crippen LogP contribution in [-0.4, -0.2) is 33.5 Å². The van der Waals surface area contributed by atoms with E-state index in [0.717, 1.165) is 0 Å². The van der Waals surface area contributed by atoms with Crippen molar-refractivity contribution in [2.45, 2.75) is 65.1 Å². The van der Waals surface area contributed by atoms with Crippen LogP contribution >= 0.6 is 0 Å². The predicted molar refractivity (Wildman–Crippen MR) is 62.2 cm³/mol. The van der Waals surface area contributed by atoms with Crippen LogP contribution in [0.5, 0.6) is 0 Å². The average Bonchev–Trinajstić information content (AvgIpc) is 2.19. The van der Waals surface area contributed by atoms with Gasteiger partial charge in [0, 0.05) is 0 Å². The molecular weight excluding hydrogens is 208 g/mol. The van der Waals surface area contributed by atoms with Crippen molar-refractivity contribution in [1.29, 1.82) is 0 Å². The Kier molecular flexibility index (Phi) is 6.60. The minimum absolute atomic E-state index is 0.241. The van der Waals surface area contributed by atoms with Gasteiger partial charge in [0.05, 0.1) is 12.2 Å². The zero-order valence-corrected chi connectivity index (χ0v) is 10.4. The molecule has 0 saturated heterocycles. The Morgan fingerprint density at radius 2 is 1.44 bits per heavy atom. The van der Waals surface area contributed by atoms with Crippen LogP contribution in [0.4, 0.5) is 0 Å². The van der Waals surface area contributed by atoms with E-state index in [-0.39, 0.29) is 6.42 Å². The lowest BCUT2D eigenvalue weighted by atomic mass is 9.72. The van der Waals surface area contributed by atoms with E-state index in [9.17, 15) is 20.1 Å². The second-order valence-corrected chi connectivity index (χ2v) is 4.31. The highest BCUT2D eigenvalue weighted by Crippen LogP contribution is 2.35. The number of aliphatic hydroxyl groups excluding tert-OH is 2. The highest BCUT2D eigenvalue weighted by molar-refractivity contribution is 5.76. The van der Waals surface area contributed by atoms with Gasteiger partial charge in [-0.1, -0.05) is 33.6 Å². The molecule has 0 spiro atoms. The Hall–Kier alpha value is -0.610. The highest BCUT2D eigenvalue weighted by atomic mass is 16.4. The summed E-state index contributed by atoms with van der Waals surface area (Å²) in [6, 6.07) is 0. The predicted octanol–water partition coefficient (Wildman–Crippen LogP) is 1.79. The van der Waals surface area contributed by atoms with E-state index in [2.05, 4.69) is 0 Å². The van der Waals surface area contributed by atoms with Gasteiger partial charge in [0.1, 0.15) is 5.41 Å². The van der Waals surface area contributed by atoms with Crippen LogP contribution < -0.4 is 0 Å². The summed E-state index contributed by atoms with van der Waals surface area (Å²) in [5, 5.41) is 29.3. The molecule has 0 bridgehead atoms. The van der Waals surface area contributed by atoms with Crippen LogP contribution in [0.2, 0.25) is 0 Å². The standard InChI is InChI=1S/C12H24O4/c1-4-7-9(13)12(6-3,11(15)16)10(14)8-5-2/h9-10,13-14H,4-8H2,1-3H3,(H,15,16).